The van der Waals surface area contributed by atoms with Crippen LogP contribution < -0.4 is 0 Å². The summed E-state index contributed by atoms with van der Waals surface area (Å²) < 4.78 is 0. The van der Waals surface area contributed by atoms with Crippen molar-refractivity contribution in [2.75, 3.05) is 20.1 Å². The van der Waals surface area contributed by atoms with Crippen molar-refractivity contribution >= 4 is 5.97 Å². The van der Waals surface area contributed by atoms with Gasteiger partial charge >= 0.3 is 5.97 Å². The number of nitrogens with zero attached hydrogens (tertiary/aromatic N) is 1. The van der Waals surface area contributed by atoms with Gasteiger partial charge in [0.25, 0.3) is 0 Å². The van der Waals surface area contributed by atoms with Crippen molar-refractivity contribution in [1.82, 2.24) is 4.90 Å². The highest BCUT2D eigenvalue weighted by Crippen LogP contribution is 2.24. The lowest BCUT2D eigenvalue weighted by Crippen LogP contribution is -2.39. The monoisotopic (exact) mass is 201 g/mol. The first-order valence-corrected chi connectivity index (χ1v) is 5.38. The predicted octanol–water partition coefficient (Wildman–Crippen LogP) is 2.22. The van der Waals surface area contributed by atoms with E-state index in [1.165, 1.54) is 0 Å². The van der Waals surface area contributed by atoms with Gasteiger partial charge in [0.15, 0.2) is 0 Å². The van der Waals surface area contributed by atoms with E-state index in [1.54, 1.807) is 0 Å². The van der Waals surface area contributed by atoms with Gasteiger partial charge in [0, 0.05) is 6.54 Å². The summed E-state index contributed by atoms with van der Waals surface area (Å²) in [5, 5.41) is 9.15. The van der Waals surface area contributed by atoms with E-state index >= 15 is 0 Å². The van der Waals surface area contributed by atoms with Crippen molar-refractivity contribution in [2.24, 2.45) is 5.41 Å². The van der Waals surface area contributed by atoms with E-state index in [4.69, 9.17) is 5.11 Å². The van der Waals surface area contributed by atoms with Gasteiger partial charge in [0.2, 0.25) is 0 Å². The minimum atomic E-state index is -0.678. The summed E-state index contributed by atoms with van der Waals surface area (Å²) in [5.41, 5.74) is -0.585. The Morgan fingerprint density at radius 1 is 1.36 bits per heavy atom. The summed E-state index contributed by atoms with van der Waals surface area (Å²) in [6.45, 7) is 7.58. The molecule has 84 valence electrons. The second-order valence-corrected chi connectivity index (χ2v) is 4.35. The van der Waals surface area contributed by atoms with Crippen molar-refractivity contribution in [2.45, 2.75) is 40.0 Å². The molecular weight excluding hydrogens is 178 g/mol. The molecule has 14 heavy (non-hydrogen) atoms. The van der Waals surface area contributed by atoms with Crippen molar-refractivity contribution in [1.29, 1.82) is 0 Å². The lowest BCUT2D eigenvalue weighted by Gasteiger charge is -2.29. The number of hydrogen-bond donors (Lipinski definition) is 1. The van der Waals surface area contributed by atoms with Crippen LogP contribution in [0.4, 0.5) is 0 Å². The highest BCUT2D eigenvalue weighted by atomic mass is 16.4. The molecule has 0 fully saturated rings. The number of carboxylic acid groups (broad SMARTS) is 1. The fourth-order valence-electron chi connectivity index (χ4n) is 1.86. The predicted molar refractivity (Wildman–Crippen MR) is 58.4 cm³/mol. The summed E-state index contributed by atoms with van der Waals surface area (Å²) >= 11 is 0. The van der Waals surface area contributed by atoms with Crippen LogP contribution in [0.1, 0.15) is 40.0 Å². The lowest BCUT2D eigenvalue weighted by molar-refractivity contribution is -0.149. The van der Waals surface area contributed by atoms with E-state index in [0.717, 1.165) is 25.8 Å². The molecule has 0 bridgehead atoms. The topological polar surface area (TPSA) is 40.5 Å². The maximum absolute atomic E-state index is 11.1. The molecule has 3 heteroatoms. The SMILES string of the molecule is CCCN(C)CC(C)(CCC)C(=O)O. The van der Waals surface area contributed by atoms with E-state index < -0.39 is 11.4 Å². The van der Waals surface area contributed by atoms with Crippen LogP contribution in [0.5, 0.6) is 0 Å². The van der Waals surface area contributed by atoms with Crippen LogP contribution in [-0.4, -0.2) is 36.1 Å². The Morgan fingerprint density at radius 3 is 2.29 bits per heavy atom. The van der Waals surface area contributed by atoms with Crippen LogP contribution in [0.15, 0.2) is 0 Å². The molecule has 0 aromatic carbocycles. The normalized spacial score (nSPS) is 15.5. The second kappa shape index (κ2) is 6.02. The third kappa shape index (κ3) is 4.09. The van der Waals surface area contributed by atoms with Crippen LogP contribution in [-0.2, 0) is 4.79 Å². The quantitative estimate of drug-likeness (QED) is 0.686. The molecule has 0 spiro atoms. The van der Waals surface area contributed by atoms with E-state index in [9.17, 15) is 4.79 Å². The third-order valence-electron chi connectivity index (χ3n) is 2.54. The van der Waals surface area contributed by atoms with E-state index in [2.05, 4.69) is 11.8 Å². The van der Waals surface area contributed by atoms with Crippen LogP contribution in [0, 0.1) is 5.41 Å². The first-order valence-electron chi connectivity index (χ1n) is 5.38. The zero-order valence-corrected chi connectivity index (χ0v) is 9.84. The minimum Gasteiger partial charge on any atom is -0.481 e. The minimum absolute atomic E-state index is 0.585. The molecule has 0 radical (unpaired) electrons. The first-order chi connectivity index (χ1) is 6.46. The summed E-state index contributed by atoms with van der Waals surface area (Å²) in [6.07, 6.45) is 2.73. The number of carbonyl (C=O) groups is 1. The molecule has 0 aromatic rings. The molecule has 0 heterocycles. The number of hydrogen-bond acceptors (Lipinski definition) is 2. The van der Waals surface area contributed by atoms with Gasteiger partial charge in [-0.3, -0.25) is 4.79 Å². The van der Waals surface area contributed by atoms with E-state index in [0.29, 0.717) is 6.54 Å². The molecular formula is C11H23NO2. The molecule has 1 N–H and O–H groups in total. The highest BCUT2D eigenvalue weighted by Gasteiger charge is 2.32. The second-order valence-electron chi connectivity index (χ2n) is 4.35. The Hall–Kier alpha value is -0.570. The first kappa shape index (κ1) is 13.4. The lowest BCUT2D eigenvalue weighted by atomic mass is 9.85. The van der Waals surface area contributed by atoms with Crippen LogP contribution in [0.3, 0.4) is 0 Å². The largest absolute Gasteiger partial charge is 0.481 e. The molecule has 0 aliphatic heterocycles. The molecule has 0 aliphatic carbocycles. The molecule has 1 unspecified atom stereocenters. The van der Waals surface area contributed by atoms with Crippen molar-refractivity contribution < 1.29 is 9.90 Å². The van der Waals surface area contributed by atoms with E-state index in [1.807, 2.05) is 20.9 Å². The van der Waals surface area contributed by atoms with Gasteiger partial charge < -0.3 is 10.0 Å². The highest BCUT2D eigenvalue weighted by molar-refractivity contribution is 5.74. The molecule has 0 aromatic heterocycles. The zero-order valence-electron chi connectivity index (χ0n) is 9.84. The smallest absolute Gasteiger partial charge is 0.310 e. The average Bonchev–Trinajstić information content (AvgIpc) is 2.04. The molecule has 0 amide bonds. The van der Waals surface area contributed by atoms with Crippen LogP contribution in [0.2, 0.25) is 0 Å². The summed E-state index contributed by atoms with van der Waals surface area (Å²) in [5.74, 6) is -0.678. The van der Waals surface area contributed by atoms with Crippen LogP contribution >= 0.6 is 0 Å². The fourth-order valence-corrected chi connectivity index (χ4v) is 1.86. The molecule has 0 aliphatic rings. The van der Waals surface area contributed by atoms with Gasteiger partial charge in [-0.2, -0.15) is 0 Å². The van der Waals surface area contributed by atoms with Gasteiger partial charge in [-0.1, -0.05) is 20.3 Å². The van der Waals surface area contributed by atoms with Crippen molar-refractivity contribution in [3.05, 3.63) is 0 Å². The molecule has 0 saturated carbocycles. The van der Waals surface area contributed by atoms with Crippen LogP contribution in [0.25, 0.3) is 0 Å². The maximum Gasteiger partial charge on any atom is 0.310 e. The number of carboxylic acids is 1. The number of aliphatic carboxylic acids is 1. The van der Waals surface area contributed by atoms with E-state index in [-0.39, 0.29) is 0 Å². The maximum atomic E-state index is 11.1. The fraction of sp³-hybridized carbons (Fsp3) is 0.909. The molecule has 0 saturated heterocycles. The Morgan fingerprint density at radius 2 is 1.93 bits per heavy atom. The third-order valence-corrected chi connectivity index (χ3v) is 2.54. The average molecular weight is 201 g/mol. The molecule has 0 rings (SSSR count). The van der Waals surface area contributed by atoms with Crippen molar-refractivity contribution in [3.63, 3.8) is 0 Å². The molecule has 3 nitrogen and oxygen atoms in total. The van der Waals surface area contributed by atoms with Gasteiger partial charge in [-0.25, -0.2) is 0 Å². The number of rotatable bonds is 7. The van der Waals surface area contributed by atoms with Crippen molar-refractivity contribution in [3.8, 4) is 0 Å². The summed E-state index contributed by atoms with van der Waals surface area (Å²) in [4.78, 5) is 13.2. The Balaban J connectivity index is 4.28. The standard InChI is InChI=1S/C11H23NO2/c1-5-7-11(3,10(13)14)9-12(4)8-6-2/h5-9H2,1-4H3,(H,13,14). The van der Waals surface area contributed by atoms with Gasteiger partial charge in [-0.15, -0.1) is 0 Å². The molecule has 1 atom stereocenters. The Bertz CT molecular complexity index is 182. The Kier molecular flexibility index (Phi) is 5.77. The zero-order chi connectivity index (χ0) is 11.2. The summed E-state index contributed by atoms with van der Waals surface area (Å²) in [7, 11) is 1.99. The summed E-state index contributed by atoms with van der Waals surface area (Å²) in [6, 6.07) is 0. The van der Waals surface area contributed by atoms with Gasteiger partial charge in [-0.05, 0) is 33.4 Å². The van der Waals surface area contributed by atoms with Gasteiger partial charge in [0.1, 0.15) is 0 Å². The Labute approximate surface area is 87.1 Å². The van der Waals surface area contributed by atoms with Gasteiger partial charge in [0.05, 0.1) is 5.41 Å².